The van der Waals surface area contributed by atoms with Crippen LogP contribution in [0.4, 0.5) is 13.2 Å². The lowest BCUT2D eigenvalue weighted by atomic mass is 10.0. The van der Waals surface area contributed by atoms with E-state index in [1.807, 2.05) is 0 Å². The summed E-state index contributed by atoms with van der Waals surface area (Å²) in [6.45, 7) is 3.04. The molecule has 0 bridgehead atoms. The molecule has 0 radical (unpaired) electrons. The molecule has 0 saturated carbocycles. The number of halogens is 4. The second-order valence-electron chi connectivity index (χ2n) is 7.43. The Bertz CT molecular complexity index is 726. The smallest absolute Gasteiger partial charge is 0.422 e. The van der Waals surface area contributed by atoms with Gasteiger partial charge in [-0.05, 0) is 51.4 Å². The van der Waals surface area contributed by atoms with Crippen molar-refractivity contribution < 1.29 is 32.2 Å². The van der Waals surface area contributed by atoms with Crippen molar-refractivity contribution >= 4 is 24.2 Å². The second kappa shape index (κ2) is 12.6. The lowest BCUT2D eigenvalue weighted by Gasteiger charge is -2.24. The Morgan fingerprint density at radius 3 is 2.58 bits per heavy atom. The largest absolute Gasteiger partial charge is 0.484 e. The summed E-state index contributed by atoms with van der Waals surface area (Å²) in [4.78, 5) is 24.5. The predicted octanol–water partition coefficient (Wildman–Crippen LogP) is 2.82. The Hall–Kier alpha value is -2.20. The minimum atomic E-state index is -4.50. The number of carbonyl (C=O) groups excluding carboxylic acids is 2. The summed E-state index contributed by atoms with van der Waals surface area (Å²) in [5.74, 6) is -0.922. The third kappa shape index (κ3) is 10.1. The zero-order valence-electron chi connectivity index (χ0n) is 17.5. The highest BCUT2D eigenvalue weighted by Gasteiger charge is 2.28. The zero-order valence-corrected chi connectivity index (χ0v) is 18.3. The van der Waals surface area contributed by atoms with E-state index < -0.39 is 18.7 Å². The van der Waals surface area contributed by atoms with Gasteiger partial charge in [-0.1, -0.05) is 6.42 Å². The van der Waals surface area contributed by atoms with Gasteiger partial charge >= 0.3 is 6.18 Å². The first kappa shape index (κ1) is 26.8. The molecule has 2 amide bonds. The summed E-state index contributed by atoms with van der Waals surface area (Å²) in [6, 6.07) is 3.83. The van der Waals surface area contributed by atoms with Crippen LogP contribution < -0.4 is 25.4 Å². The molecule has 1 fully saturated rings. The highest BCUT2D eigenvalue weighted by atomic mass is 35.5. The molecule has 7 nitrogen and oxygen atoms in total. The Morgan fingerprint density at radius 2 is 1.97 bits per heavy atom. The number of ether oxygens (including phenoxy) is 2. The van der Waals surface area contributed by atoms with Crippen molar-refractivity contribution in [1.82, 2.24) is 16.0 Å². The molecule has 31 heavy (non-hydrogen) atoms. The van der Waals surface area contributed by atoms with Crippen LogP contribution in [0.3, 0.4) is 0 Å². The van der Waals surface area contributed by atoms with Gasteiger partial charge in [-0.15, -0.1) is 12.4 Å². The molecule has 3 N–H and O–H groups in total. The van der Waals surface area contributed by atoms with Crippen molar-refractivity contribution in [2.24, 2.45) is 0 Å². The minimum absolute atomic E-state index is 0. The van der Waals surface area contributed by atoms with Crippen LogP contribution in [0.15, 0.2) is 18.2 Å². The van der Waals surface area contributed by atoms with E-state index in [-0.39, 0.29) is 54.1 Å². The maximum absolute atomic E-state index is 12.7. The second-order valence-corrected chi connectivity index (χ2v) is 7.43. The number of rotatable bonds is 9. The van der Waals surface area contributed by atoms with E-state index in [9.17, 15) is 22.8 Å². The van der Waals surface area contributed by atoms with Gasteiger partial charge in [-0.2, -0.15) is 13.2 Å². The number of alkyl halides is 3. The van der Waals surface area contributed by atoms with E-state index in [1.165, 1.54) is 18.2 Å². The topological polar surface area (TPSA) is 88.7 Å². The summed E-state index contributed by atoms with van der Waals surface area (Å²) in [6.07, 6.45) is -1.43. The monoisotopic (exact) mass is 467 g/mol. The minimum Gasteiger partial charge on any atom is -0.484 e. The zero-order chi connectivity index (χ0) is 22.1. The van der Waals surface area contributed by atoms with Crippen LogP contribution in [0, 0.1) is 0 Å². The fourth-order valence-corrected chi connectivity index (χ4v) is 2.98. The summed E-state index contributed by atoms with van der Waals surface area (Å²) in [5, 5.41) is 8.72. The molecule has 1 atom stereocenters. The molecule has 1 heterocycles. The van der Waals surface area contributed by atoms with E-state index in [1.54, 1.807) is 13.8 Å². The van der Waals surface area contributed by atoms with Gasteiger partial charge in [0.2, 0.25) is 0 Å². The molecule has 1 saturated heterocycles. The number of piperidine rings is 1. The fraction of sp³-hybridized carbons (Fsp3) is 0.600. The first-order chi connectivity index (χ1) is 14.1. The molecule has 0 aromatic heterocycles. The molecule has 11 heteroatoms. The van der Waals surface area contributed by atoms with E-state index in [0.717, 1.165) is 25.8 Å². The van der Waals surface area contributed by atoms with E-state index in [0.29, 0.717) is 6.54 Å². The molecule has 1 aromatic rings. The van der Waals surface area contributed by atoms with Crippen molar-refractivity contribution in [2.45, 2.75) is 51.4 Å². The third-order valence-corrected chi connectivity index (χ3v) is 4.33. The van der Waals surface area contributed by atoms with Crippen molar-refractivity contribution in [3.63, 3.8) is 0 Å². The van der Waals surface area contributed by atoms with Gasteiger partial charge in [0, 0.05) is 18.6 Å². The highest BCUT2D eigenvalue weighted by molar-refractivity contribution is 5.97. The van der Waals surface area contributed by atoms with Gasteiger partial charge in [0.05, 0.1) is 5.56 Å². The molecule has 0 aliphatic carbocycles. The van der Waals surface area contributed by atoms with Gasteiger partial charge in [-0.3, -0.25) is 9.59 Å². The summed E-state index contributed by atoms with van der Waals surface area (Å²) in [7, 11) is 0. The number of carbonyl (C=O) groups is 2. The van der Waals surface area contributed by atoms with E-state index in [2.05, 4.69) is 16.0 Å². The normalized spacial score (nSPS) is 16.3. The lowest BCUT2D eigenvalue weighted by Crippen LogP contribution is -2.43. The maximum atomic E-state index is 12.7. The molecule has 1 aliphatic heterocycles. The number of amides is 2. The lowest BCUT2D eigenvalue weighted by molar-refractivity contribution is -0.153. The van der Waals surface area contributed by atoms with Gasteiger partial charge in [0.1, 0.15) is 11.5 Å². The predicted molar refractivity (Wildman–Crippen MR) is 112 cm³/mol. The van der Waals surface area contributed by atoms with E-state index in [4.69, 9.17) is 9.47 Å². The van der Waals surface area contributed by atoms with Gasteiger partial charge in [0.15, 0.2) is 13.2 Å². The van der Waals surface area contributed by atoms with Gasteiger partial charge in [-0.25, -0.2) is 0 Å². The number of hydrogen-bond donors (Lipinski definition) is 3. The number of hydrogen-bond acceptors (Lipinski definition) is 5. The molecule has 176 valence electrons. The van der Waals surface area contributed by atoms with Crippen LogP contribution >= 0.6 is 12.4 Å². The van der Waals surface area contributed by atoms with Crippen molar-refractivity contribution in [2.75, 3.05) is 26.3 Å². The van der Waals surface area contributed by atoms with Crippen molar-refractivity contribution in [3.05, 3.63) is 23.8 Å². The van der Waals surface area contributed by atoms with Crippen LogP contribution in [0.25, 0.3) is 0 Å². The molecular weight excluding hydrogens is 439 g/mol. The van der Waals surface area contributed by atoms with Crippen LogP contribution in [-0.2, 0) is 4.79 Å². The first-order valence-electron chi connectivity index (χ1n) is 9.91. The third-order valence-electron chi connectivity index (χ3n) is 4.33. The van der Waals surface area contributed by atoms with Gasteiger partial charge < -0.3 is 25.4 Å². The first-order valence-corrected chi connectivity index (χ1v) is 9.91. The quantitative estimate of drug-likeness (QED) is 0.520. The van der Waals surface area contributed by atoms with Crippen LogP contribution in [-0.4, -0.2) is 56.4 Å². The molecule has 1 aromatic carbocycles. The van der Waals surface area contributed by atoms with Crippen LogP contribution in [0.2, 0.25) is 0 Å². The Morgan fingerprint density at radius 1 is 1.23 bits per heavy atom. The Kier molecular flexibility index (Phi) is 10.9. The highest BCUT2D eigenvalue weighted by Crippen LogP contribution is 2.26. The Balaban J connectivity index is 0.00000480. The molecule has 0 spiro atoms. The van der Waals surface area contributed by atoms with Gasteiger partial charge in [0.25, 0.3) is 11.8 Å². The fourth-order valence-electron chi connectivity index (χ4n) is 2.98. The summed E-state index contributed by atoms with van der Waals surface area (Å²) in [5.41, 5.74) is 0.00262. The van der Waals surface area contributed by atoms with E-state index >= 15 is 0 Å². The number of benzene rings is 1. The molecule has 2 rings (SSSR count). The average Bonchev–Trinajstić information content (AvgIpc) is 2.69. The average molecular weight is 468 g/mol. The SMILES string of the molecule is CC(C)NC(=O)COc1ccc(OCC(F)(F)F)cc1C(=O)NCC1CCCCN1.Cl. The molecule has 1 unspecified atom stereocenters. The maximum Gasteiger partial charge on any atom is 0.422 e. The van der Waals surface area contributed by atoms with Crippen molar-refractivity contribution in [3.8, 4) is 11.5 Å². The Labute approximate surface area is 185 Å². The van der Waals surface area contributed by atoms with Crippen LogP contribution in [0.5, 0.6) is 11.5 Å². The summed E-state index contributed by atoms with van der Waals surface area (Å²) < 4.78 is 47.5. The summed E-state index contributed by atoms with van der Waals surface area (Å²) >= 11 is 0. The molecule has 1 aliphatic rings. The van der Waals surface area contributed by atoms with Crippen LogP contribution in [0.1, 0.15) is 43.5 Å². The number of nitrogens with one attached hydrogen (secondary N) is 3. The standard InChI is InChI=1S/C20H28F3N3O4.ClH/c1-13(2)26-18(27)11-29-17-7-6-15(30-12-20(21,22)23)9-16(17)19(28)25-10-14-5-3-4-8-24-14;/h6-7,9,13-14,24H,3-5,8,10-12H2,1-2H3,(H,25,28)(H,26,27);1H. The van der Waals surface area contributed by atoms with Crippen molar-refractivity contribution in [1.29, 1.82) is 0 Å². The molecular formula is C20H29ClF3N3O4.